The SMILES string of the molecule is COCCCC/C(=C(/N)C(=O)N(C(C)C)C1C[C@@]12CNC[C@H](C(=O)N1CCOCC1)C2)N(N)c1ccccc1F. The molecule has 2 heterocycles. The van der Waals surface area contributed by atoms with Crippen LogP contribution in [0.15, 0.2) is 35.7 Å². The number of hydrazine groups is 1. The number of piperidine rings is 1. The Bertz CT molecular complexity index is 1080. The number of allylic oxidation sites excluding steroid dienone is 1. The first-order chi connectivity index (χ1) is 19.2. The first-order valence-electron chi connectivity index (χ1n) is 14.4. The van der Waals surface area contributed by atoms with Gasteiger partial charge in [-0.1, -0.05) is 12.1 Å². The lowest BCUT2D eigenvalue weighted by Gasteiger charge is -2.37. The van der Waals surface area contributed by atoms with Gasteiger partial charge in [-0.25, -0.2) is 10.2 Å². The summed E-state index contributed by atoms with van der Waals surface area (Å²) >= 11 is 0. The van der Waals surface area contributed by atoms with E-state index in [1.807, 2.05) is 23.6 Å². The van der Waals surface area contributed by atoms with Crippen molar-refractivity contribution in [2.24, 2.45) is 22.9 Å². The van der Waals surface area contributed by atoms with Crippen molar-refractivity contribution in [2.75, 3.05) is 58.1 Å². The molecule has 4 rings (SSSR count). The van der Waals surface area contributed by atoms with Crippen molar-refractivity contribution in [3.8, 4) is 0 Å². The maximum atomic E-state index is 14.7. The van der Waals surface area contributed by atoms with Crippen molar-refractivity contribution >= 4 is 17.5 Å². The third-order valence-electron chi connectivity index (χ3n) is 8.42. The van der Waals surface area contributed by atoms with Crippen LogP contribution in [0.2, 0.25) is 0 Å². The van der Waals surface area contributed by atoms with Crippen molar-refractivity contribution in [1.29, 1.82) is 0 Å². The number of morpholine rings is 1. The van der Waals surface area contributed by atoms with Crippen LogP contribution in [0, 0.1) is 17.2 Å². The van der Waals surface area contributed by atoms with Crippen molar-refractivity contribution in [1.82, 2.24) is 15.1 Å². The smallest absolute Gasteiger partial charge is 0.272 e. The third-order valence-corrected chi connectivity index (χ3v) is 8.42. The summed E-state index contributed by atoms with van der Waals surface area (Å²) < 4.78 is 25.2. The molecule has 1 aromatic carbocycles. The van der Waals surface area contributed by atoms with Gasteiger partial charge in [0, 0.05) is 57.4 Å². The summed E-state index contributed by atoms with van der Waals surface area (Å²) in [6.07, 6.45) is 3.33. The Kier molecular flexibility index (Phi) is 10.0. The number of ether oxygens (including phenoxy) is 2. The summed E-state index contributed by atoms with van der Waals surface area (Å²) in [5.74, 6) is 5.63. The number of nitrogens with two attached hydrogens (primary N) is 2. The fraction of sp³-hybridized carbons (Fsp3) is 0.655. The Morgan fingerprint density at radius 3 is 2.62 bits per heavy atom. The number of benzene rings is 1. The van der Waals surface area contributed by atoms with E-state index in [-0.39, 0.29) is 46.6 Å². The van der Waals surface area contributed by atoms with Gasteiger partial charge in [0.25, 0.3) is 5.91 Å². The number of halogens is 1. The lowest BCUT2D eigenvalue weighted by Crippen LogP contribution is -2.52. The first-order valence-corrected chi connectivity index (χ1v) is 14.4. The molecule has 2 aliphatic heterocycles. The molecule has 3 atom stereocenters. The first kappa shape index (κ1) is 30.2. The topological polar surface area (TPSA) is 126 Å². The number of carbonyl (C=O) groups is 2. The molecule has 0 radical (unpaired) electrons. The van der Waals surface area contributed by atoms with Crippen molar-refractivity contribution in [3.05, 3.63) is 41.5 Å². The van der Waals surface area contributed by atoms with Crippen molar-refractivity contribution in [3.63, 3.8) is 0 Å². The van der Waals surface area contributed by atoms with Crippen LogP contribution in [-0.4, -0.2) is 86.8 Å². The van der Waals surface area contributed by atoms with Crippen LogP contribution in [0.3, 0.4) is 0 Å². The highest BCUT2D eigenvalue weighted by molar-refractivity contribution is 5.94. The largest absolute Gasteiger partial charge is 0.393 e. The molecule has 0 aromatic heterocycles. The molecule has 0 bridgehead atoms. The van der Waals surface area contributed by atoms with Gasteiger partial charge >= 0.3 is 0 Å². The standard InChI is InChI=1S/C29H45FN6O4/c1-20(2)35(25-17-29(25)16-21(18-33-19-29)27(37)34-11-14-40-15-12-34)28(38)26(31)24(10-6-7-13-39-3)36(32)23-9-5-4-8-22(23)30/h4-5,8-9,20-21,25,33H,6-7,10-19,31-32H2,1-3H3/b26-24-/t21-,25?,29+/m1/s1. The quantitative estimate of drug-likeness (QED) is 0.162. The summed E-state index contributed by atoms with van der Waals surface area (Å²) in [5.41, 5.74) is 6.95. The number of amides is 2. The fourth-order valence-corrected chi connectivity index (χ4v) is 6.19. The van der Waals surface area contributed by atoms with Gasteiger partial charge in [0.1, 0.15) is 11.5 Å². The van der Waals surface area contributed by atoms with E-state index >= 15 is 0 Å². The monoisotopic (exact) mass is 560 g/mol. The molecule has 1 saturated carbocycles. The summed E-state index contributed by atoms with van der Waals surface area (Å²) in [5, 5.41) is 4.67. The summed E-state index contributed by atoms with van der Waals surface area (Å²) in [6, 6.07) is 6.00. The number of para-hydroxylation sites is 1. The minimum Gasteiger partial charge on any atom is -0.393 e. The lowest BCUT2D eigenvalue weighted by atomic mass is 9.86. The Morgan fingerprint density at radius 2 is 1.95 bits per heavy atom. The summed E-state index contributed by atoms with van der Waals surface area (Å²) in [7, 11) is 1.63. The van der Waals surface area contributed by atoms with Crippen LogP contribution < -0.4 is 21.9 Å². The van der Waals surface area contributed by atoms with E-state index in [1.54, 1.807) is 25.3 Å². The molecule has 1 aromatic rings. The van der Waals surface area contributed by atoms with Gasteiger partial charge in [0.2, 0.25) is 5.91 Å². The van der Waals surface area contributed by atoms with Gasteiger partial charge < -0.3 is 30.3 Å². The zero-order chi connectivity index (χ0) is 28.9. The molecule has 2 saturated heterocycles. The molecule has 11 heteroatoms. The Balaban J connectivity index is 1.55. The number of hydrogen-bond donors (Lipinski definition) is 3. The molecule has 1 unspecified atom stereocenters. The average molecular weight is 561 g/mol. The normalized spacial score (nSPS) is 25.1. The molecule has 3 aliphatic rings. The van der Waals surface area contributed by atoms with E-state index in [9.17, 15) is 14.0 Å². The van der Waals surface area contributed by atoms with Gasteiger partial charge in [0.15, 0.2) is 0 Å². The number of nitrogens with one attached hydrogen (secondary N) is 1. The zero-order valence-corrected chi connectivity index (χ0v) is 24.0. The van der Waals surface area contributed by atoms with Crippen LogP contribution in [0.4, 0.5) is 10.1 Å². The predicted octanol–water partition coefficient (Wildman–Crippen LogP) is 1.96. The van der Waals surface area contributed by atoms with E-state index in [1.165, 1.54) is 11.1 Å². The summed E-state index contributed by atoms with van der Waals surface area (Å²) in [4.78, 5) is 31.0. The van der Waals surface area contributed by atoms with Crippen LogP contribution in [0.1, 0.15) is 46.0 Å². The Labute approximate surface area is 236 Å². The number of hydrogen-bond acceptors (Lipinski definition) is 8. The molecule has 10 nitrogen and oxygen atoms in total. The second-order valence-electron chi connectivity index (χ2n) is 11.5. The van der Waals surface area contributed by atoms with Crippen molar-refractivity contribution in [2.45, 2.75) is 58.0 Å². The molecule has 40 heavy (non-hydrogen) atoms. The van der Waals surface area contributed by atoms with Gasteiger partial charge in [-0.3, -0.25) is 14.6 Å². The molecule has 2 amide bonds. The molecule has 222 valence electrons. The lowest BCUT2D eigenvalue weighted by molar-refractivity contribution is -0.141. The minimum absolute atomic E-state index is 0.0173. The maximum Gasteiger partial charge on any atom is 0.272 e. The molecule has 5 N–H and O–H groups in total. The summed E-state index contributed by atoms with van der Waals surface area (Å²) in [6.45, 7) is 8.26. The number of methoxy groups -OCH3 is 1. The maximum absolute atomic E-state index is 14.7. The van der Waals surface area contributed by atoms with Gasteiger partial charge in [-0.15, -0.1) is 0 Å². The van der Waals surface area contributed by atoms with E-state index < -0.39 is 5.82 Å². The number of unbranched alkanes of at least 4 members (excludes halogenated alkanes) is 1. The van der Waals surface area contributed by atoms with Gasteiger partial charge in [-0.05, 0) is 58.1 Å². The van der Waals surface area contributed by atoms with E-state index in [2.05, 4.69) is 5.32 Å². The van der Waals surface area contributed by atoms with Crippen molar-refractivity contribution < 1.29 is 23.5 Å². The fourth-order valence-electron chi connectivity index (χ4n) is 6.19. The van der Waals surface area contributed by atoms with Crippen LogP contribution in [0.25, 0.3) is 0 Å². The van der Waals surface area contributed by atoms with Gasteiger partial charge in [-0.2, -0.15) is 0 Å². The average Bonchev–Trinajstić information content (AvgIpc) is 3.63. The molecule has 3 fully saturated rings. The minimum atomic E-state index is -0.495. The highest BCUT2D eigenvalue weighted by atomic mass is 19.1. The van der Waals surface area contributed by atoms with Crippen LogP contribution >= 0.6 is 0 Å². The second-order valence-corrected chi connectivity index (χ2v) is 11.5. The molecule has 1 spiro atoms. The van der Waals surface area contributed by atoms with Crippen LogP contribution in [0.5, 0.6) is 0 Å². The molecular weight excluding hydrogens is 515 g/mol. The number of nitrogens with zero attached hydrogens (tertiary/aromatic N) is 3. The molecule has 1 aliphatic carbocycles. The number of carbonyl (C=O) groups excluding carboxylic acids is 2. The highest BCUT2D eigenvalue weighted by Gasteiger charge is 2.61. The number of rotatable bonds is 11. The number of anilines is 1. The predicted molar refractivity (Wildman–Crippen MR) is 151 cm³/mol. The van der Waals surface area contributed by atoms with Gasteiger partial charge in [0.05, 0.1) is 30.5 Å². The third kappa shape index (κ3) is 6.59. The van der Waals surface area contributed by atoms with E-state index in [4.69, 9.17) is 21.1 Å². The Morgan fingerprint density at radius 1 is 1.23 bits per heavy atom. The highest BCUT2D eigenvalue weighted by Crippen LogP contribution is 2.55. The van der Waals surface area contributed by atoms with E-state index in [0.29, 0.717) is 58.0 Å². The second kappa shape index (κ2) is 13.3. The molecular formula is C29H45FN6O4. The Hall–Kier alpha value is -2.73. The zero-order valence-electron chi connectivity index (χ0n) is 24.0. The van der Waals surface area contributed by atoms with E-state index in [0.717, 1.165) is 25.8 Å². The van der Waals surface area contributed by atoms with Crippen LogP contribution in [-0.2, 0) is 19.1 Å².